The third-order valence-electron chi connectivity index (χ3n) is 4.70. The Hall–Kier alpha value is -4.00. The van der Waals surface area contributed by atoms with Gasteiger partial charge in [-0.1, -0.05) is 29.8 Å². The molecule has 0 unspecified atom stereocenters. The Balaban J connectivity index is 1.54. The second-order valence-electron chi connectivity index (χ2n) is 7.03. The Kier molecular flexibility index (Phi) is 5.02. The number of halogens is 1. The van der Waals surface area contributed by atoms with E-state index in [4.69, 9.17) is 0 Å². The van der Waals surface area contributed by atoms with Crippen molar-refractivity contribution in [2.75, 3.05) is 10.6 Å². The summed E-state index contributed by atoms with van der Waals surface area (Å²) in [5.41, 5.74) is 4.07. The summed E-state index contributed by atoms with van der Waals surface area (Å²) in [5, 5.41) is 13.3. The van der Waals surface area contributed by atoms with E-state index in [1.165, 1.54) is 19.1 Å². The van der Waals surface area contributed by atoms with Crippen LogP contribution in [0.15, 0.2) is 60.7 Å². The lowest BCUT2D eigenvalue weighted by molar-refractivity contribution is -0.114. The van der Waals surface area contributed by atoms with Gasteiger partial charge in [0.25, 0.3) is 5.91 Å². The average molecular weight is 402 g/mol. The quantitative estimate of drug-likeness (QED) is 0.454. The number of hydrogen-bond donors (Lipinski definition) is 3. The minimum absolute atomic E-state index is 0.0127. The molecule has 0 aliphatic rings. The van der Waals surface area contributed by atoms with Gasteiger partial charge in [-0.25, -0.2) is 4.39 Å². The van der Waals surface area contributed by atoms with E-state index < -0.39 is 11.7 Å². The van der Waals surface area contributed by atoms with Crippen LogP contribution in [0.2, 0.25) is 0 Å². The van der Waals surface area contributed by atoms with Crippen molar-refractivity contribution in [3.8, 4) is 11.1 Å². The Bertz CT molecular complexity index is 1260. The number of carbonyl (C=O) groups excluding carboxylic acids is 2. The molecule has 7 heteroatoms. The van der Waals surface area contributed by atoms with Crippen LogP contribution in [0.25, 0.3) is 22.0 Å². The summed E-state index contributed by atoms with van der Waals surface area (Å²) in [6.07, 6.45) is 0. The van der Waals surface area contributed by atoms with Crippen molar-refractivity contribution in [1.82, 2.24) is 10.2 Å². The molecule has 1 aromatic heterocycles. The van der Waals surface area contributed by atoms with Gasteiger partial charge in [-0.15, -0.1) is 0 Å². The summed E-state index contributed by atoms with van der Waals surface area (Å²) in [5.74, 6) is -0.740. The number of H-pyrrole nitrogens is 1. The zero-order chi connectivity index (χ0) is 21.3. The zero-order valence-electron chi connectivity index (χ0n) is 16.4. The third kappa shape index (κ3) is 3.91. The Morgan fingerprint density at radius 2 is 1.67 bits per heavy atom. The van der Waals surface area contributed by atoms with Gasteiger partial charge < -0.3 is 10.6 Å². The van der Waals surface area contributed by atoms with E-state index in [-0.39, 0.29) is 11.5 Å². The molecule has 0 atom stereocenters. The summed E-state index contributed by atoms with van der Waals surface area (Å²) in [6, 6.07) is 17.4. The molecule has 1 heterocycles. The molecule has 0 aliphatic heterocycles. The molecule has 4 aromatic rings. The van der Waals surface area contributed by atoms with E-state index >= 15 is 0 Å². The van der Waals surface area contributed by atoms with Gasteiger partial charge in [-0.2, -0.15) is 5.10 Å². The van der Waals surface area contributed by atoms with Gasteiger partial charge in [0.15, 0.2) is 5.82 Å². The number of amides is 2. The van der Waals surface area contributed by atoms with Gasteiger partial charge in [0.2, 0.25) is 5.91 Å². The number of nitrogens with zero attached hydrogens (tertiary/aromatic N) is 1. The van der Waals surface area contributed by atoms with Crippen LogP contribution in [-0.4, -0.2) is 22.0 Å². The Labute approximate surface area is 172 Å². The lowest BCUT2D eigenvalue weighted by Gasteiger charge is -2.08. The minimum Gasteiger partial charge on any atom is -0.322 e. The molecular formula is C23H19FN4O2. The summed E-state index contributed by atoms with van der Waals surface area (Å²) >= 11 is 0. The zero-order valence-corrected chi connectivity index (χ0v) is 16.4. The van der Waals surface area contributed by atoms with Gasteiger partial charge in [0.05, 0.1) is 11.1 Å². The number of aromatic nitrogens is 2. The monoisotopic (exact) mass is 402 g/mol. The molecule has 3 aromatic carbocycles. The molecule has 30 heavy (non-hydrogen) atoms. The Morgan fingerprint density at radius 1 is 0.933 bits per heavy atom. The summed E-state index contributed by atoms with van der Waals surface area (Å²) in [4.78, 5) is 23.6. The Morgan fingerprint density at radius 3 is 2.40 bits per heavy atom. The van der Waals surface area contributed by atoms with Crippen LogP contribution in [0, 0.1) is 12.7 Å². The van der Waals surface area contributed by atoms with Gasteiger partial charge in [0.1, 0.15) is 5.82 Å². The number of aryl methyl sites for hydroxylation is 1. The lowest BCUT2D eigenvalue weighted by Crippen LogP contribution is -2.13. The van der Waals surface area contributed by atoms with Crippen molar-refractivity contribution in [2.24, 2.45) is 0 Å². The molecule has 6 nitrogen and oxygen atoms in total. The number of anilines is 2. The molecule has 0 fully saturated rings. The minimum atomic E-state index is -0.554. The number of fused-ring (bicyclic) bond motifs is 1. The molecule has 4 rings (SSSR count). The first kappa shape index (κ1) is 19.3. The largest absolute Gasteiger partial charge is 0.322 e. The molecule has 0 saturated carbocycles. The molecule has 0 bridgehead atoms. The van der Waals surface area contributed by atoms with Gasteiger partial charge in [-0.3, -0.25) is 14.7 Å². The number of rotatable bonds is 4. The second kappa shape index (κ2) is 7.79. The predicted octanol–water partition coefficient (Wildman–Crippen LogP) is 4.89. The first-order chi connectivity index (χ1) is 14.4. The maximum atomic E-state index is 13.9. The van der Waals surface area contributed by atoms with E-state index in [1.54, 1.807) is 25.1 Å². The standard InChI is InChI=1S/C23H19FN4O2/c1-13-3-10-20(24)19(11-13)23(30)26-17-7-4-15(5-8-17)16-6-9-18-21(12-16)27-28-22(18)25-14(2)29/h3-12H,1-2H3,(H,26,30)(H2,25,27,28,29). The van der Waals surface area contributed by atoms with Crippen LogP contribution in [0.4, 0.5) is 15.9 Å². The highest BCUT2D eigenvalue weighted by atomic mass is 19.1. The van der Waals surface area contributed by atoms with Crippen LogP contribution in [-0.2, 0) is 4.79 Å². The highest BCUT2D eigenvalue weighted by Crippen LogP contribution is 2.28. The number of aromatic amines is 1. The van der Waals surface area contributed by atoms with E-state index in [1.807, 2.05) is 30.3 Å². The smallest absolute Gasteiger partial charge is 0.258 e. The fourth-order valence-corrected chi connectivity index (χ4v) is 3.22. The molecule has 0 saturated heterocycles. The van der Waals surface area contributed by atoms with Crippen LogP contribution < -0.4 is 10.6 Å². The summed E-state index contributed by atoms with van der Waals surface area (Å²) in [6.45, 7) is 3.24. The van der Waals surface area contributed by atoms with Crippen LogP contribution in [0.5, 0.6) is 0 Å². The fourth-order valence-electron chi connectivity index (χ4n) is 3.22. The van der Waals surface area contributed by atoms with E-state index in [0.29, 0.717) is 11.5 Å². The van der Waals surface area contributed by atoms with E-state index in [0.717, 1.165) is 27.6 Å². The first-order valence-corrected chi connectivity index (χ1v) is 9.34. The van der Waals surface area contributed by atoms with Crippen molar-refractivity contribution in [2.45, 2.75) is 13.8 Å². The molecule has 0 spiro atoms. The van der Waals surface area contributed by atoms with E-state index in [9.17, 15) is 14.0 Å². The van der Waals surface area contributed by atoms with Gasteiger partial charge in [0, 0.05) is 18.0 Å². The normalized spacial score (nSPS) is 10.8. The molecule has 2 amide bonds. The van der Waals surface area contributed by atoms with Crippen molar-refractivity contribution in [1.29, 1.82) is 0 Å². The van der Waals surface area contributed by atoms with E-state index in [2.05, 4.69) is 20.8 Å². The number of benzene rings is 3. The molecule has 3 N–H and O–H groups in total. The topological polar surface area (TPSA) is 86.9 Å². The number of nitrogens with one attached hydrogen (secondary N) is 3. The highest BCUT2D eigenvalue weighted by molar-refractivity contribution is 6.04. The van der Waals surface area contributed by atoms with Crippen LogP contribution >= 0.6 is 0 Å². The predicted molar refractivity (Wildman–Crippen MR) is 115 cm³/mol. The van der Waals surface area contributed by atoms with Crippen molar-refractivity contribution >= 4 is 34.2 Å². The number of carbonyl (C=O) groups is 2. The maximum absolute atomic E-state index is 13.9. The first-order valence-electron chi connectivity index (χ1n) is 9.34. The van der Waals surface area contributed by atoms with Crippen molar-refractivity contribution < 1.29 is 14.0 Å². The summed E-state index contributed by atoms with van der Waals surface area (Å²) in [7, 11) is 0. The SMILES string of the molecule is CC(=O)Nc1n[nH]c2cc(-c3ccc(NC(=O)c4cc(C)ccc4F)cc3)ccc12. The second-order valence-corrected chi connectivity index (χ2v) is 7.03. The fraction of sp³-hybridized carbons (Fsp3) is 0.0870. The van der Waals surface area contributed by atoms with Gasteiger partial charge >= 0.3 is 0 Å². The highest BCUT2D eigenvalue weighted by Gasteiger charge is 2.12. The number of hydrogen-bond acceptors (Lipinski definition) is 3. The molecular weight excluding hydrogens is 383 g/mol. The lowest BCUT2D eigenvalue weighted by atomic mass is 10.0. The summed E-state index contributed by atoms with van der Waals surface area (Å²) < 4.78 is 13.9. The van der Waals surface area contributed by atoms with Gasteiger partial charge in [-0.05, 0) is 54.4 Å². The average Bonchev–Trinajstić information content (AvgIpc) is 3.11. The third-order valence-corrected chi connectivity index (χ3v) is 4.70. The molecule has 0 radical (unpaired) electrons. The van der Waals surface area contributed by atoms with Crippen LogP contribution in [0.1, 0.15) is 22.8 Å². The van der Waals surface area contributed by atoms with Crippen LogP contribution in [0.3, 0.4) is 0 Å². The maximum Gasteiger partial charge on any atom is 0.258 e. The van der Waals surface area contributed by atoms with Crippen molar-refractivity contribution in [3.05, 3.63) is 77.6 Å². The molecule has 150 valence electrons. The molecule has 0 aliphatic carbocycles. The van der Waals surface area contributed by atoms with Crippen molar-refractivity contribution in [3.63, 3.8) is 0 Å².